The molecule has 0 bridgehead atoms. The minimum Gasteiger partial charge on any atom is -0.316 e. The summed E-state index contributed by atoms with van der Waals surface area (Å²) in [6.45, 7) is 0. The second-order valence-electron chi connectivity index (χ2n) is 3.70. The van der Waals surface area contributed by atoms with Crippen molar-refractivity contribution in [1.29, 1.82) is 0 Å². The Morgan fingerprint density at radius 3 is 2.18 bits per heavy atom. The van der Waals surface area contributed by atoms with Crippen molar-refractivity contribution < 1.29 is 13.2 Å². The van der Waals surface area contributed by atoms with Gasteiger partial charge in [0.15, 0.2) is 0 Å². The fourth-order valence-corrected chi connectivity index (χ4v) is 1.96. The van der Waals surface area contributed by atoms with Crippen LogP contribution in [0.2, 0.25) is 5.02 Å². The number of hydrogen-bond acceptors (Lipinski definition) is 1. The van der Waals surface area contributed by atoms with Gasteiger partial charge in [0.1, 0.15) is 6.04 Å². The lowest BCUT2D eigenvalue weighted by Gasteiger charge is -2.18. The average molecular weight is 260 g/mol. The number of benzene rings is 2. The average Bonchev–Trinajstić information content (AvgIpc) is 2.28. The van der Waals surface area contributed by atoms with Crippen LogP contribution in [0.4, 0.5) is 13.2 Å². The molecule has 0 saturated heterocycles. The lowest BCUT2D eigenvalue weighted by molar-refractivity contribution is -0.148. The number of hydrogen-bond donors (Lipinski definition) is 1. The monoisotopic (exact) mass is 259 g/mol. The van der Waals surface area contributed by atoms with Crippen LogP contribution >= 0.6 is 11.6 Å². The molecule has 0 amide bonds. The summed E-state index contributed by atoms with van der Waals surface area (Å²) in [7, 11) is 0. The van der Waals surface area contributed by atoms with Crippen molar-refractivity contribution in [3.05, 3.63) is 47.0 Å². The number of alkyl halides is 3. The van der Waals surface area contributed by atoms with Crippen LogP contribution in [0.5, 0.6) is 0 Å². The van der Waals surface area contributed by atoms with E-state index in [2.05, 4.69) is 0 Å². The Hall–Kier alpha value is -1.26. The first-order valence-corrected chi connectivity index (χ1v) is 5.28. The molecule has 0 aliphatic rings. The first kappa shape index (κ1) is 12.2. The molecule has 0 fully saturated rings. The molecule has 0 aliphatic carbocycles. The Morgan fingerprint density at radius 1 is 1.00 bits per heavy atom. The van der Waals surface area contributed by atoms with Gasteiger partial charge in [0, 0.05) is 10.4 Å². The molecule has 17 heavy (non-hydrogen) atoms. The Kier molecular flexibility index (Phi) is 3.02. The van der Waals surface area contributed by atoms with Crippen LogP contribution in [0, 0.1) is 0 Å². The Balaban J connectivity index is 2.67. The van der Waals surface area contributed by atoms with Crippen LogP contribution in [-0.2, 0) is 0 Å². The summed E-state index contributed by atoms with van der Waals surface area (Å²) in [5.74, 6) is 0. The molecule has 0 saturated carbocycles. The zero-order chi connectivity index (χ0) is 12.6. The summed E-state index contributed by atoms with van der Waals surface area (Å²) in [5.41, 5.74) is 5.26. The van der Waals surface area contributed by atoms with Gasteiger partial charge in [-0.25, -0.2) is 0 Å². The molecule has 0 heterocycles. The summed E-state index contributed by atoms with van der Waals surface area (Å²) in [5, 5.41) is 1.43. The van der Waals surface area contributed by atoms with E-state index in [4.69, 9.17) is 17.3 Å². The van der Waals surface area contributed by atoms with Gasteiger partial charge in [0.2, 0.25) is 0 Å². The van der Waals surface area contributed by atoms with E-state index in [1.165, 1.54) is 12.1 Å². The minimum atomic E-state index is -4.46. The van der Waals surface area contributed by atoms with Crippen LogP contribution in [0.1, 0.15) is 11.6 Å². The maximum absolute atomic E-state index is 12.6. The number of rotatable bonds is 1. The maximum Gasteiger partial charge on any atom is 0.407 e. The zero-order valence-corrected chi connectivity index (χ0v) is 9.39. The second-order valence-corrected chi connectivity index (χ2v) is 4.11. The van der Waals surface area contributed by atoms with Gasteiger partial charge >= 0.3 is 6.18 Å². The molecule has 2 aromatic carbocycles. The van der Waals surface area contributed by atoms with Gasteiger partial charge < -0.3 is 5.73 Å². The van der Waals surface area contributed by atoms with E-state index in [0.717, 1.165) is 0 Å². The Bertz CT molecular complexity index is 551. The van der Waals surface area contributed by atoms with Crippen molar-refractivity contribution in [2.24, 2.45) is 5.73 Å². The molecule has 90 valence electrons. The van der Waals surface area contributed by atoms with Crippen molar-refractivity contribution in [2.75, 3.05) is 0 Å². The quantitative estimate of drug-likeness (QED) is 0.821. The van der Waals surface area contributed by atoms with Crippen molar-refractivity contribution in [3.63, 3.8) is 0 Å². The first-order valence-electron chi connectivity index (χ1n) is 4.90. The van der Waals surface area contributed by atoms with E-state index in [9.17, 15) is 13.2 Å². The highest BCUT2D eigenvalue weighted by atomic mass is 35.5. The molecule has 0 aliphatic heterocycles. The predicted molar refractivity (Wildman–Crippen MR) is 61.9 cm³/mol. The van der Waals surface area contributed by atoms with Crippen molar-refractivity contribution in [1.82, 2.24) is 0 Å². The zero-order valence-electron chi connectivity index (χ0n) is 8.63. The smallest absolute Gasteiger partial charge is 0.316 e. The third kappa shape index (κ3) is 2.23. The van der Waals surface area contributed by atoms with Gasteiger partial charge in [-0.1, -0.05) is 41.9 Å². The molecule has 2 rings (SSSR count). The molecular formula is C12H9ClF3N. The standard InChI is InChI=1S/C12H9ClF3N/c13-10-6-5-9(11(17)12(14,15)16)7-3-1-2-4-8(7)10/h1-6,11H,17H2/t11-/m0/s1. The van der Waals surface area contributed by atoms with Crippen LogP contribution in [0.25, 0.3) is 10.8 Å². The molecule has 5 heteroatoms. The van der Waals surface area contributed by atoms with Gasteiger partial charge in [0.25, 0.3) is 0 Å². The Morgan fingerprint density at radius 2 is 1.59 bits per heavy atom. The molecule has 0 unspecified atom stereocenters. The molecule has 0 spiro atoms. The summed E-state index contributed by atoms with van der Waals surface area (Å²) in [4.78, 5) is 0. The molecule has 1 atom stereocenters. The predicted octanol–water partition coefficient (Wildman–Crippen LogP) is 4.06. The molecule has 2 N–H and O–H groups in total. The molecule has 1 nitrogen and oxygen atoms in total. The van der Waals surface area contributed by atoms with Crippen molar-refractivity contribution >= 4 is 22.4 Å². The normalized spacial score (nSPS) is 13.9. The third-order valence-electron chi connectivity index (χ3n) is 2.59. The topological polar surface area (TPSA) is 26.0 Å². The second kappa shape index (κ2) is 4.20. The van der Waals surface area contributed by atoms with Crippen molar-refractivity contribution in [2.45, 2.75) is 12.2 Å². The summed E-state index contributed by atoms with van der Waals surface area (Å²) in [6.07, 6.45) is -4.46. The van der Waals surface area contributed by atoms with E-state index in [-0.39, 0.29) is 5.56 Å². The minimum absolute atomic E-state index is 0.0394. The van der Waals surface area contributed by atoms with Crippen LogP contribution in [-0.4, -0.2) is 6.18 Å². The fourth-order valence-electron chi connectivity index (χ4n) is 1.73. The summed E-state index contributed by atoms with van der Waals surface area (Å²) < 4.78 is 37.8. The van der Waals surface area contributed by atoms with Crippen LogP contribution in [0.15, 0.2) is 36.4 Å². The fraction of sp³-hybridized carbons (Fsp3) is 0.167. The summed E-state index contributed by atoms with van der Waals surface area (Å²) in [6, 6.07) is 7.40. The lowest BCUT2D eigenvalue weighted by atomic mass is 9.99. The van der Waals surface area contributed by atoms with Crippen LogP contribution < -0.4 is 5.73 Å². The van der Waals surface area contributed by atoms with E-state index in [0.29, 0.717) is 15.8 Å². The number of halogens is 4. The first-order chi connectivity index (χ1) is 7.91. The highest BCUT2D eigenvalue weighted by Crippen LogP contribution is 2.36. The van der Waals surface area contributed by atoms with Gasteiger partial charge in [-0.15, -0.1) is 0 Å². The molecule has 0 aromatic heterocycles. The number of fused-ring (bicyclic) bond motifs is 1. The van der Waals surface area contributed by atoms with E-state index in [1.807, 2.05) is 0 Å². The van der Waals surface area contributed by atoms with Gasteiger partial charge in [-0.3, -0.25) is 0 Å². The molecule has 0 radical (unpaired) electrons. The van der Waals surface area contributed by atoms with Crippen molar-refractivity contribution in [3.8, 4) is 0 Å². The highest BCUT2D eigenvalue weighted by Gasteiger charge is 2.38. The van der Waals surface area contributed by atoms with Gasteiger partial charge in [0.05, 0.1) is 0 Å². The molecule has 2 aromatic rings. The van der Waals surface area contributed by atoms with E-state index >= 15 is 0 Å². The lowest BCUT2D eigenvalue weighted by Crippen LogP contribution is -2.28. The molecular weight excluding hydrogens is 251 g/mol. The largest absolute Gasteiger partial charge is 0.407 e. The van der Waals surface area contributed by atoms with Gasteiger partial charge in [-0.05, 0) is 17.0 Å². The Labute approximate surface area is 101 Å². The van der Waals surface area contributed by atoms with Crippen LogP contribution in [0.3, 0.4) is 0 Å². The third-order valence-corrected chi connectivity index (χ3v) is 2.92. The SMILES string of the molecule is N[C@@H](c1ccc(Cl)c2ccccc12)C(F)(F)F. The highest BCUT2D eigenvalue weighted by molar-refractivity contribution is 6.35. The van der Waals surface area contributed by atoms with E-state index < -0.39 is 12.2 Å². The van der Waals surface area contributed by atoms with Gasteiger partial charge in [-0.2, -0.15) is 13.2 Å². The number of nitrogens with two attached hydrogens (primary N) is 1. The summed E-state index contributed by atoms with van der Waals surface area (Å²) >= 11 is 5.93. The maximum atomic E-state index is 12.6. The van der Waals surface area contributed by atoms with E-state index in [1.54, 1.807) is 24.3 Å².